The first-order valence-corrected chi connectivity index (χ1v) is 24.6. The number of hydrogen-bond acceptors (Lipinski definition) is 11. The Morgan fingerprint density at radius 3 is 1.97 bits per heavy atom. The fraction of sp³-hybridized carbons (Fsp3) is 0.540. The third-order valence-corrected chi connectivity index (χ3v) is 11.8. The largest absolute Gasteiger partial charge is 0.377 e. The third kappa shape index (κ3) is 19.9. The van der Waals surface area contributed by atoms with Crippen LogP contribution in [0.4, 0.5) is 8.78 Å². The van der Waals surface area contributed by atoms with Gasteiger partial charge in [0.2, 0.25) is 17.7 Å². The van der Waals surface area contributed by atoms with Gasteiger partial charge in [-0.1, -0.05) is 57.5 Å². The summed E-state index contributed by atoms with van der Waals surface area (Å²) in [5, 5.41) is 5.65. The second-order valence-corrected chi connectivity index (χ2v) is 18.4. The van der Waals surface area contributed by atoms with Gasteiger partial charge in [0.05, 0.1) is 64.6 Å². The topological polar surface area (TPSA) is 184 Å². The molecule has 1 aliphatic rings. The van der Waals surface area contributed by atoms with Gasteiger partial charge >= 0.3 is 0 Å². The molecule has 4 N–H and O–H groups in total. The minimum Gasteiger partial charge on any atom is -0.377 e. The summed E-state index contributed by atoms with van der Waals surface area (Å²) < 4.78 is 53.6. The molecule has 1 aromatic heterocycles. The lowest BCUT2D eigenvalue weighted by atomic mass is 9.83. The summed E-state index contributed by atoms with van der Waals surface area (Å²) >= 11 is 1.38. The number of unbranched alkanes of at least 4 members (excludes halogenated alkanes) is 2. The summed E-state index contributed by atoms with van der Waals surface area (Å²) in [4.78, 5) is 64.8. The zero-order valence-electron chi connectivity index (χ0n) is 39.8. The van der Waals surface area contributed by atoms with Crippen LogP contribution in [0, 0.1) is 17.0 Å². The van der Waals surface area contributed by atoms with Gasteiger partial charge in [0.25, 0.3) is 11.8 Å². The van der Waals surface area contributed by atoms with Gasteiger partial charge < -0.3 is 44.8 Å². The van der Waals surface area contributed by atoms with Crippen LogP contribution in [-0.2, 0) is 49.5 Å². The number of carbonyl (C=O) groups is 5. The van der Waals surface area contributed by atoms with E-state index in [1.54, 1.807) is 0 Å². The van der Waals surface area contributed by atoms with Crippen molar-refractivity contribution in [3.05, 3.63) is 95.8 Å². The van der Waals surface area contributed by atoms with Gasteiger partial charge in [0, 0.05) is 86.5 Å². The highest BCUT2D eigenvalue weighted by Crippen LogP contribution is 2.41. The van der Waals surface area contributed by atoms with Crippen LogP contribution in [0.5, 0.6) is 0 Å². The molecular formula is C50H70F2N6O9S. The highest BCUT2D eigenvalue weighted by atomic mass is 32.2. The van der Waals surface area contributed by atoms with E-state index < -0.39 is 23.1 Å². The van der Waals surface area contributed by atoms with E-state index in [1.807, 2.05) is 52.1 Å². The Morgan fingerprint density at radius 1 is 0.765 bits per heavy atom. The molecule has 0 fully saturated rings. The Balaban J connectivity index is 1.06. The molecule has 0 radical (unpaired) electrons. The second kappa shape index (κ2) is 30.5. The van der Waals surface area contributed by atoms with E-state index in [4.69, 9.17) is 24.7 Å². The monoisotopic (exact) mass is 968 g/mol. The molecule has 1 atom stereocenters. The minimum atomic E-state index is -0.542. The standard InChI is InChI=1S/C50H70F2N6O9S/c1-50(2,3)49(43-33-39(41-34-40(51)14-15-42(41)52)36-56(43)35-38-11-6-4-7-12-38)58(23-10-19-53)48(63)37-68-32-18-45(60)55-21-25-65-27-29-67-31-30-66-28-26-64-24-20-54-44(59)13-8-5-9-22-57-46(61)16-17-47(57)62/h4,6-7,11-12,14-17,33-34,36,49H,5,8-10,13,18-32,35,37,53H2,1-3H3,(H,54,59)(H,55,60). The van der Waals surface area contributed by atoms with E-state index in [9.17, 15) is 28.4 Å². The predicted octanol–water partition coefficient (Wildman–Crippen LogP) is 5.65. The van der Waals surface area contributed by atoms with Crippen LogP contribution < -0.4 is 16.4 Å². The van der Waals surface area contributed by atoms with Crippen molar-refractivity contribution < 1.29 is 51.7 Å². The Hall–Kier alpha value is -4.98. The van der Waals surface area contributed by atoms with Crippen LogP contribution in [0.2, 0.25) is 0 Å². The second-order valence-electron chi connectivity index (χ2n) is 17.3. The number of nitrogens with zero attached hydrogens (tertiary/aromatic N) is 3. The lowest BCUT2D eigenvalue weighted by molar-refractivity contribution is -0.137. The van der Waals surface area contributed by atoms with Gasteiger partial charge in [0.15, 0.2) is 0 Å². The van der Waals surface area contributed by atoms with Crippen molar-refractivity contribution in [2.75, 3.05) is 97.1 Å². The molecule has 0 spiro atoms. The van der Waals surface area contributed by atoms with Crippen molar-refractivity contribution in [3.8, 4) is 11.1 Å². The first kappa shape index (κ1) is 55.6. The number of rotatable bonds is 34. The van der Waals surface area contributed by atoms with Crippen molar-refractivity contribution in [2.24, 2.45) is 11.1 Å². The summed E-state index contributed by atoms with van der Waals surface area (Å²) in [6.45, 7) is 11.5. The maximum atomic E-state index is 15.1. The zero-order valence-corrected chi connectivity index (χ0v) is 40.6. The number of ether oxygens (including phenoxy) is 4. The lowest BCUT2D eigenvalue weighted by Gasteiger charge is -2.41. The quantitative estimate of drug-likeness (QED) is 0.0497. The predicted molar refractivity (Wildman–Crippen MR) is 258 cm³/mol. The van der Waals surface area contributed by atoms with Crippen molar-refractivity contribution in [1.29, 1.82) is 0 Å². The lowest BCUT2D eigenvalue weighted by Crippen LogP contribution is -2.44. The molecule has 0 bridgehead atoms. The minimum absolute atomic E-state index is 0.0679. The molecule has 2 heterocycles. The number of halogens is 2. The van der Waals surface area contributed by atoms with E-state index in [0.29, 0.717) is 129 Å². The first-order valence-electron chi connectivity index (χ1n) is 23.4. The highest BCUT2D eigenvalue weighted by molar-refractivity contribution is 7.99. The number of amides is 5. The molecule has 374 valence electrons. The molecule has 1 aliphatic heterocycles. The number of thioether (sulfide) groups is 1. The normalized spacial score (nSPS) is 13.1. The van der Waals surface area contributed by atoms with Crippen molar-refractivity contribution >= 4 is 41.3 Å². The van der Waals surface area contributed by atoms with Crippen molar-refractivity contribution in [3.63, 3.8) is 0 Å². The molecule has 0 saturated carbocycles. The van der Waals surface area contributed by atoms with Crippen LogP contribution in [0.25, 0.3) is 11.1 Å². The molecule has 2 aromatic carbocycles. The summed E-state index contributed by atoms with van der Waals surface area (Å²) in [5.41, 5.74) is 7.96. The molecule has 0 aliphatic carbocycles. The van der Waals surface area contributed by atoms with Crippen LogP contribution >= 0.6 is 11.8 Å². The highest BCUT2D eigenvalue weighted by Gasteiger charge is 2.37. The molecular weight excluding hydrogens is 899 g/mol. The van der Waals surface area contributed by atoms with Gasteiger partial charge in [-0.2, -0.15) is 11.8 Å². The number of aromatic nitrogens is 1. The molecule has 0 saturated heterocycles. The van der Waals surface area contributed by atoms with E-state index >= 15 is 4.39 Å². The smallest absolute Gasteiger partial charge is 0.253 e. The summed E-state index contributed by atoms with van der Waals surface area (Å²) in [6.07, 6.45) is 7.61. The van der Waals surface area contributed by atoms with E-state index in [2.05, 4.69) is 31.4 Å². The average molecular weight is 969 g/mol. The Morgan fingerprint density at radius 2 is 1.37 bits per heavy atom. The summed E-state index contributed by atoms with van der Waals surface area (Å²) in [5.74, 6) is -1.38. The number of nitrogens with one attached hydrogen (secondary N) is 2. The number of nitrogens with two attached hydrogens (primary N) is 1. The third-order valence-electron chi connectivity index (χ3n) is 10.8. The molecule has 68 heavy (non-hydrogen) atoms. The molecule has 15 nitrogen and oxygen atoms in total. The number of benzene rings is 2. The Labute approximate surface area is 403 Å². The Kier molecular flexibility index (Phi) is 24.9. The van der Waals surface area contributed by atoms with E-state index in [-0.39, 0.29) is 47.3 Å². The van der Waals surface area contributed by atoms with Gasteiger partial charge in [-0.3, -0.25) is 28.9 Å². The molecule has 3 aromatic rings. The summed E-state index contributed by atoms with van der Waals surface area (Å²) in [6, 6.07) is 14.7. The molecule has 1 unspecified atom stereocenters. The maximum absolute atomic E-state index is 15.1. The van der Waals surface area contributed by atoms with Crippen LogP contribution in [-0.4, -0.2) is 141 Å². The Bertz CT molecular complexity index is 2050. The average Bonchev–Trinajstić information content (AvgIpc) is 3.86. The first-order chi connectivity index (χ1) is 32.8. The van der Waals surface area contributed by atoms with Crippen LogP contribution in [0.1, 0.15) is 76.6 Å². The van der Waals surface area contributed by atoms with Gasteiger partial charge in [-0.25, -0.2) is 8.78 Å². The maximum Gasteiger partial charge on any atom is 0.253 e. The fourth-order valence-electron chi connectivity index (χ4n) is 7.53. The molecule has 18 heteroatoms. The molecule has 4 rings (SSSR count). The van der Waals surface area contributed by atoms with Gasteiger partial charge in [-0.15, -0.1) is 0 Å². The van der Waals surface area contributed by atoms with Crippen molar-refractivity contribution in [1.82, 2.24) is 25.0 Å². The van der Waals surface area contributed by atoms with Gasteiger partial charge in [0.1, 0.15) is 11.6 Å². The number of hydrogen-bond donors (Lipinski definition) is 3. The fourth-order valence-corrected chi connectivity index (χ4v) is 8.34. The van der Waals surface area contributed by atoms with Gasteiger partial charge in [-0.05, 0) is 61.1 Å². The number of carbonyl (C=O) groups excluding carboxylic acids is 5. The summed E-state index contributed by atoms with van der Waals surface area (Å²) in [7, 11) is 0. The van der Waals surface area contributed by atoms with Crippen molar-refractivity contribution in [2.45, 2.75) is 71.9 Å². The van der Waals surface area contributed by atoms with Crippen LogP contribution in [0.15, 0.2) is 72.9 Å². The molecule has 5 amide bonds. The zero-order chi connectivity index (χ0) is 49.2. The van der Waals surface area contributed by atoms with E-state index in [0.717, 1.165) is 29.8 Å². The SMILES string of the molecule is CC(C)(C)C(c1cc(-c2cc(F)ccc2F)cn1Cc1ccccc1)N(CCCN)C(=O)CSCCC(=O)NCCOCCOCCOCCOCCNC(=O)CCCCCN1C(=O)C=CC1=O. The van der Waals surface area contributed by atoms with E-state index in [1.165, 1.54) is 34.9 Å². The number of imide groups is 1. The van der Waals surface area contributed by atoms with Crippen LogP contribution in [0.3, 0.4) is 0 Å².